The average molecular weight is 408 g/mol. The summed E-state index contributed by atoms with van der Waals surface area (Å²) in [6, 6.07) is 13.5. The van der Waals surface area contributed by atoms with E-state index in [9.17, 15) is 14.4 Å². The summed E-state index contributed by atoms with van der Waals surface area (Å²) in [7, 11) is 1.61. The van der Waals surface area contributed by atoms with Crippen LogP contribution in [0.15, 0.2) is 42.5 Å². The van der Waals surface area contributed by atoms with Gasteiger partial charge in [0.25, 0.3) is 0 Å². The van der Waals surface area contributed by atoms with Crippen LogP contribution >= 0.6 is 0 Å². The Morgan fingerprint density at radius 3 is 2.60 bits per heavy atom. The van der Waals surface area contributed by atoms with Crippen LogP contribution in [-0.2, 0) is 20.8 Å². The number of rotatable bonds is 6. The van der Waals surface area contributed by atoms with E-state index in [4.69, 9.17) is 0 Å². The van der Waals surface area contributed by atoms with Crippen LogP contribution in [-0.4, -0.2) is 42.8 Å². The van der Waals surface area contributed by atoms with Gasteiger partial charge >= 0.3 is 0 Å². The zero-order valence-electron chi connectivity index (χ0n) is 18.1. The van der Waals surface area contributed by atoms with Crippen LogP contribution in [0.5, 0.6) is 0 Å². The summed E-state index contributed by atoms with van der Waals surface area (Å²) in [6.07, 6.45) is 0.973. The first-order valence-corrected chi connectivity index (χ1v) is 10.3. The number of para-hydroxylation sites is 1. The molecule has 0 radical (unpaired) electrons. The molecular weight excluding hydrogens is 378 g/mol. The number of hydrogen-bond donors (Lipinski definition) is 1. The zero-order chi connectivity index (χ0) is 21.8. The van der Waals surface area contributed by atoms with Crippen molar-refractivity contribution in [1.82, 2.24) is 4.90 Å². The Hall–Kier alpha value is -3.15. The van der Waals surface area contributed by atoms with E-state index in [1.165, 1.54) is 4.90 Å². The molecule has 0 aliphatic carbocycles. The summed E-state index contributed by atoms with van der Waals surface area (Å²) in [5.41, 5.74) is 4.82. The molecule has 1 unspecified atom stereocenters. The minimum absolute atomic E-state index is 0.0506. The Balaban J connectivity index is 1.63. The minimum Gasteiger partial charge on any atom is -0.336 e. The Bertz CT molecular complexity index is 970. The predicted molar refractivity (Wildman–Crippen MR) is 118 cm³/mol. The first-order valence-electron chi connectivity index (χ1n) is 10.3. The number of nitrogens with zero attached hydrogens (tertiary/aromatic N) is 2. The standard InChI is InChI=1S/C24H29N3O3/c1-5-18-10-6-7-11-20(18)25-22(28)15-26(4)24(30)19-13-23(29)27(14-19)21-12-8-9-16(2)17(21)3/h6-12,19H,5,13-15H2,1-4H3,(H,25,28). The van der Waals surface area contributed by atoms with Gasteiger partial charge in [-0.1, -0.05) is 37.3 Å². The highest BCUT2D eigenvalue weighted by Gasteiger charge is 2.37. The normalized spacial score (nSPS) is 15.9. The Labute approximate surface area is 177 Å². The van der Waals surface area contributed by atoms with E-state index < -0.39 is 5.92 Å². The number of amides is 3. The number of aryl methyl sites for hydroxylation is 2. The Morgan fingerprint density at radius 2 is 1.87 bits per heavy atom. The largest absolute Gasteiger partial charge is 0.336 e. The van der Waals surface area contributed by atoms with Gasteiger partial charge in [0, 0.05) is 31.4 Å². The second-order valence-corrected chi connectivity index (χ2v) is 7.88. The maximum atomic E-state index is 12.9. The summed E-state index contributed by atoms with van der Waals surface area (Å²) in [4.78, 5) is 41.0. The number of carbonyl (C=O) groups is 3. The van der Waals surface area contributed by atoms with Crippen LogP contribution in [0.25, 0.3) is 0 Å². The zero-order valence-corrected chi connectivity index (χ0v) is 18.1. The number of hydrogen-bond acceptors (Lipinski definition) is 3. The van der Waals surface area contributed by atoms with Gasteiger partial charge in [0.05, 0.1) is 12.5 Å². The van der Waals surface area contributed by atoms with Gasteiger partial charge in [-0.15, -0.1) is 0 Å². The third kappa shape index (κ3) is 4.53. The molecule has 3 rings (SSSR count). The van der Waals surface area contributed by atoms with Gasteiger partial charge in [-0.05, 0) is 49.1 Å². The van der Waals surface area contributed by atoms with E-state index in [1.54, 1.807) is 11.9 Å². The van der Waals surface area contributed by atoms with Crippen molar-refractivity contribution in [3.63, 3.8) is 0 Å². The SMILES string of the molecule is CCc1ccccc1NC(=O)CN(C)C(=O)C1CC(=O)N(c2cccc(C)c2C)C1. The van der Waals surface area contributed by atoms with Crippen LogP contribution < -0.4 is 10.2 Å². The van der Waals surface area contributed by atoms with Gasteiger partial charge in [-0.25, -0.2) is 0 Å². The molecule has 1 fully saturated rings. The van der Waals surface area contributed by atoms with E-state index in [-0.39, 0.29) is 30.7 Å². The van der Waals surface area contributed by atoms with Gasteiger partial charge in [0.15, 0.2) is 0 Å². The van der Waals surface area contributed by atoms with Crippen molar-refractivity contribution >= 4 is 29.1 Å². The molecule has 30 heavy (non-hydrogen) atoms. The first-order chi connectivity index (χ1) is 14.3. The molecule has 1 saturated heterocycles. The third-order valence-electron chi connectivity index (χ3n) is 5.77. The van der Waals surface area contributed by atoms with E-state index in [0.29, 0.717) is 6.54 Å². The molecule has 0 bridgehead atoms. The molecule has 0 spiro atoms. The summed E-state index contributed by atoms with van der Waals surface area (Å²) < 4.78 is 0. The van der Waals surface area contributed by atoms with Crippen molar-refractivity contribution in [2.24, 2.45) is 5.92 Å². The van der Waals surface area contributed by atoms with Crippen molar-refractivity contribution in [2.45, 2.75) is 33.6 Å². The number of likely N-dealkylation sites (N-methyl/N-ethyl adjacent to an activating group) is 1. The highest BCUT2D eigenvalue weighted by Crippen LogP contribution is 2.30. The maximum Gasteiger partial charge on any atom is 0.243 e. The lowest BCUT2D eigenvalue weighted by Crippen LogP contribution is -2.39. The van der Waals surface area contributed by atoms with Crippen molar-refractivity contribution in [3.8, 4) is 0 Å². The molecule has 2 aromatic carbocycles. The molecule has 1 heterocycles. The van der Waals surface area contributed by atoms with Gasteiger partial charge in [0.1, 0.15) is 0 Å². The van der Waals surface area contributed by atoms with Crippen molar-refractivity contribution < 1.29 is 14.4 Å². The monoisotopic (exact) mass is 407 g/mol. The van der Waals surface area contributed by atoms with Crippen LogP contribution in [0.1, 0.15) is 30.0 Å². The second-order valence-electron chi connectivity index (χ2n) is 7.88. The average Bonchev–Trinajstić information content (AvgIpc) is 3.11. The van der Waals surface area contributed by atoms with Crippen molar-refractivity contribution in [3.05, 3.63) is 59.2 Å². The predicted octanol–water partition coefficient (Wildman–Crippen LogP) is 3.32. The molecule has 6 nitrogen and oxygen atoms in total. The minimum atomic E-state index is -0.446. The van der Waals surface area contributed by atoms with Gasteiger partial charge in [-0.2, -0.15) is 0 Å². The molecule has 158 valence electrons. The van der Waals surface area contributed by atoms with Crippen LogP contribution in [0.4, 0.5) is 11.4 Å². The molecule has 6 heteroatoms. The van der Waals surface area contributed by atoms with E-state index >= 15 is 0 Å². The third-order valence-corrected chi connectivity index (χ3v) is 5.77. The highest BCUT2D eigenvalue weighted by molar-refractivity contribution is 6.02. The number of carbonyl (C=O) groups excluding carboxylic acids is 3. The lowest BCUT2D eigenvalue weighted by Gasteiger charge is -2.22. The topological polar surface area (TPSA) is 69.7 Å². The van der Waals surface area contributed by atoms with E-state index in [1.807, 2.05) is 63.2 Å². The molecule has 1 atom stereocenters. The second kappa shape index (κ2) is 9.11. The molecule has 3 amide bonds. The number of anilines is 2. The molecule has 0 aromatic heterocycles. The molecule has 2 aromatic rings. The van der Waals surface area contributed by atoms with Crippen LogP contribution in [0, 0.1) is 19.8 Å². The smallest absolute Gasteiger partial charge is 0.243 e. The molecule has 1 aliphatic heterocycles. The quantitative estimate of drug-likeness (QED) is 0.799. The fourth-order valence-corrected chi connectivity index (χ4v) is 3.88. The number of benzene rings is 2. The first kappa shape index (κ1) is 21.6. The fraction of sp³-hybridized carbons (Fsp3) is 0.375. The van der Waals surface area contributed by atoms with Gasteiger partial charge in [-0.3, -0.25) is 14.4 Å². The molecular formula is C24H29N3O3. The fourth-order valence-electron chi connectivity index (χ4n) is 3.88. The van der Waals surface area contributed by atoms with Crippen LogP contribution in [0.3, 0.4) is 0 Å². The van der Waals surface area contributed by atoms with Gasteiger partial charge in [0.2, 0.25) is 17.7 Å². The van der Waals surface area contributed by atoms with Gasteiger partial charge < -0.3 is 15.1 Å². The maximum absolute atomic E-state index is 12.9. The lowest BCUT2D eigenvalue weighted by atomic mass is 10.1. The van der Waals surface area contributed by atoms with E-state index in [2.05, 4.69) is 5.32 Å². The number of nitrogens with one attached hydrogen (secondary N) is 1. The summed E-state index contributed by atoms with van der Waals surface area (Å²) >= 11 is 0. The van der Waals surface area contributed by atoms with Crippen molar-refractivity contribution in [2.75, 3.05) is 30.4 Å². The highest BCUT2D eigenvalue weighted by atomic mass is 16.2. The van der Waals surface area contributed by atoms with E-state index in [0.717, 1.165) is 34.5 Å². The lowest BCUT2D eigenvalue weighted by molar-refractivity contribution is -0.137. The summed E-state index contributed by atoms with van der Waals surface area (Å²) in [6.45, 7) is 6.31. The molecule has 1 N–H and O–H groups in total. The Morgan fingerprint density at radius 1 is 1.13 bits per heavy atom. The Kier molecular flexibility index (Phi) is 6.55. The van der Waals surface area contributed by atoms with Crippen LogP contribution in [0.2, 0.25) is 0 Å². The van der Waals surface area contributed by atoms with Crippen molar-refractivity contribution in [1.29, 1.82) is 0 Å². The molecule has 1 aliphatic rings. The summed E-state index contributed by atoms with van der Waals surface area (Å²) in [5.74, 6) is -0.938. The summed E-state index contributed by atoms with van der Waals surface area (Å²) in [5, 5.41) is 2.88. The molecule has 0 saturated carbocycles.